The van der Waals surface area contributed by atoms with Gasteiger partial charge in [-0.25, -0.2) is 4.39 Å². The van der Waals surface area contributed by atoms with E-state index in [0.717, 1.165) is 16.7 Å². The Morgan fingerprint density at radius 1 is 1.12 bits per heavy atom. The van der Waals surface area contributed by atoms with E-state index in [2.05, 4.69) is 15.4 Å². The largest absolute Gasteiger partial charge is 0.307 e. The van der Waals surface area contributed by atoms with Crippen LogP contribution in [-0.4, -0.2) is 20.7 Å². The quantitative estimate of drug-likeness (QED) is 0.737. The molecule has 0 aliphatic rings. The molecule has 0 bridgehead atoms. The second kappa shape index (κ2) is 7.09. The lowest BCUT2D eigenvalue weighted by molar-refractivity contribution is -0.111. The number of benzene rings is 1. The fourth-order valence-corrected chi connectivity index (χ4v) is 2.58. The van der Waals surface area contributed by atoms with Crippen LogP contribution in [0.5, 0.6) is 0 Å². The van der Waals surface area contributed by atoms with Crippen LogP contribution in [0.15, 0.2) is 60.9 Å². The highest BCUT2D eigenvalue weighted by Gasteiger charge is 2.20. The van der Waals surface area contributed by atoms with E-state index in [1.54, 1.807) is 49.3 Å². The number of allylic oxidation sites excluding steroid dienone is 1. The number of halogens is 1. The molecule has 126 valence electrons. The van der Waals surface area contributed by atoms with Crippen LogP contribution in [0.4, 0.5) is 10.2 Å². The second-order valence-corrected chi connectivity index (χ2v) is 5.43. The number of anilines is 1. The highest BCUT2D eigenvalue weighted by molar-refractivity contribution is 6.03. The molecule has 25 heavy (non-hydrogen) atoms. The van der Waals surface area contributed by atoms with Crippen molar-refractivity contribution in [3.63, 3.8) is 0 Å². The van der Waals surface area contributed by atoms with Crippen molar-refractivity contribution >= 4 is 11.7 Å². The van der Waals surface area contributed by atoms with E-state index >= 15 is 0 Å². The number of nitrogens with one attached hydrogen (secondary N) is 1. The standard InChI is InChI=1S/C19H17FN4O/c1-3-4-16(25)22-19-17(13-9-11-21-12-10-13)18(23-24(19)2)14-5-7-15(20)8-6-14/h3-12H,1-2H3,(H,22,25). The van der Waals surface area contributed by atoms with Gasteiger partial charge >= 0.3 is 0 Å². The van der Waals surface area contributed by atoms with E-state index in [4.69, 9.17) is 0 Å². The molecule has 5 nitrogen and oxygen atoms in total. The first-order valence-electron chi connectivity index (χ1n) is 7.77. The van der Waals surface area contributed by atoms with Gasteiger partial charge in [-0.2, -0.15) is 5.10 Å². The van der Waals surface area contributed by atoms with Crippen LogP contribution in [-0.2, 0) is 11.8 Å². The van der Waals surface area contributed by atoms with Gasteiger partial charge in [-0.3, -0.25) is 14.5 Å². The SMILES string of the molecule is CC=CC(=O)Nc1c(-c2ccncc2)c(-c2ccc(F)cc2)nn1C. The third-order valence-corrected chi connectivity index (χ3v) is 3.69. The van der Waals surface area contributed by atoms with Crippen LogP contribution < -0.4 is 5.32 Å². The number of carbonyl (C=O) groups is 1. The molecule has 0 radical (unpaired) electrons. The number of nitrogens with zero attached hydrogens (tertiary/aromatic N) is 3. The fraction of sp³-hybridized carbons (Fsp3) is 0.105. The molecule has 2 heterocycles. The molecule has 3 rings (SSSR count). The number of pyridine rings is 1. The van der Waals surface area contributed by atoms with Crippen molar-refractivity contribution in [3.8, 4) is 22.4 Å². The van der Waals surface area contributed by atoms with Crippen LogP contribution in [0.3, 0.4) is 0 Å². The van der Waals surface area contributed by atoms with E-state index in [0.29, 0.717) is 11.5 Å². The second-order valence-electron chi connectivity index (χ2n) is 5.43. The highest BCUT2D eigenvalue weighted by Crippen LogP contribution is 2.37. The maximum atomic E-state index is 13.3. The number of carbonyl (C=O) groups excluding carboxylic acids is 1. The molecule has 1 N–H and O–H groups in total. The molecule has 0 unspecified atom stereocenters. The summed E-state index contributed by atoms with van der Waals surface area (Å²) in [6, 6.07) is 9.79. The number of hydrogen-bond donors (Lipinski definition) is 1. The number of aryl methyl sites for hydroxylation is 1. The summed E-state index contributed by atoms with van der Waals surface area (Å²) in [6.07, 6.45) is 6.46. The van der Waals surface area contributed by atoms with Gasteiger partial charge in [0.15, 0.2) is 0 Å². The Morgan fingerprint density at radius 2 is 1.80 bits per heavy atom. The highest BCUT2D eigenvalue weighted by atomic mass is 19.1. The molecule has 1 aromatic carbocycles. The normalized spacial score (nSPS) is 11.0. The topological polar surface area (TPSA) is 59.8 Å². The maximum Gasteiger partial charge on any atom is 0.249 e. The first kappa shape index (κ1) is 16.6. The van der Waals surface area contributed by atoms with Crippen molar-refractivity contribution in [2.24, 2.45) is 7.05 Å². The van der Waals surface area contributed by atoms with Crippen molar-refractivity contribution in [2.75, 3.05) is 5.32 Å². The van der Waals surface area contributed by atoms with Gasteiger partial charge in [0, 0.05) is 25.0 Å². The minimum absolute atomic E-state index is 0.244. The number of aromatic nitrogens is 3. The third-order valence-electron chi connectivity index (χ3n) is 3.69. The van der Waals surface area contributed by atoms with Crippen LogP contribution >= 0.6 is 0 Å². The average molecular weight is 336 g/mol. The smallest absolute Gasteiger partial charge is 0.249 e. The van der Waals surface area contributed by atoms with Crippen molar-refractivity contribution in [3.05, 3.63) is 66.8 Å². The van der Waals surface area contributed by atoms with E-state index in [-0.39, 0.29) is 11.7 Å². The van der Waals surface area contributed by atoms with Gasteiger partial charge in [-0.15, -0.1) is 0 Å². The fourth-order valence-electron chi connectivity index (χ4n) is 2.58. The molecule has 2 aromatic heterocycles. The Kier molecular flexibility index (Phi) is 4.70. The first-order valence-corrected chi connectivity index (χ1v) is 7.77. The van der Waals surface area contributed by atoms with Gasteiger partial charge in [0.2, 0.25) is 5.91 Å². The van der Waals surface area contributed by atoms with Crippen molar-refractivity contribution < 1.29 is 9.18 Å². The minimum Gasteiger partial charge on any atom is -0.307 e. The zero-order chi connectivity index (χ0) is 17.8. The Morgan fingerprint density at radius 3 is 2.44 bits per heavy atom. The van der Waals surface area contributed by atoms with Crippen LogP contribution in [0.1, 0.15) is 6.92 Å². The van der Waals surface area contributed by atoms with Crippen LogP contribution in [0.2, 0.25) is 0 Å². The summed E-state index contributed by atoms with van der Waals surface area (Å²) in [5.74, 6) is 0.00633. The summed E-state index contributed by atoms with van der Waals surface area (Å²) in [5, 5.41) is 7.40. The third kappa shape index (κ3) is 3.47. The van der Waals surface area contributed by atoms with Crippen LogP contribution in [0, 0.1) is 5.82 Å². The minimum atomic E-state index is -0.313. The number of hydrogen-bond acceptors (Lipinski definition) is 3. The van der Waals surface area contributed by atoms with Gasteiger partial charge in [0.1, 0.15) is 17.3 Å². The summed E-state index contributed by atoms with van der Waals surface area (Å²) >= 11 is 0. The number of amides is 1. The Labute approximate surface area is 144 Å². The Bertz CT molecular complexity index is 915. The summed E-state index contributed by atoms with van der Waals surface area (Å²) in [5.41, 5.74) is 3.03. The molecular weight excluding hydrogens is 319 g/mol. The van der Waals surface area contributed by atoms with Gasteiger partial charge in [0.25, 0.3) is 0 Å². The van der Waals surface area contributed by atoms with Crippen molar-refractivity contribution in [1.29, 1.82) is 0 Å². The number of rotatable bonds is 4. The molecule has 0 atom stereocenters. The molecule has 0 saturated heterocycles. The zero-order valence-electron chi connectivity index (χ0n) is 13.9. The maximum absolute atomic E-state index is 13.3. The molecule has 0 saturated carbocycles. The Hall–Kier alpha value is -3.28. The van der Waals surface area contributed by atoms with Gasteiger partial charge in [-0.1, -0.05) is 6.08 Å². The molecule has 0 aliphatic carbocycles. The average Bonchev–Trinajstić information content (AvgIpc) is 2.93. The lowest BCUT2D eigenvalue weighted by Gasteiger charge is -2.08. The summed E-state index contributed by atoms with van der Waals surface area (Å²) in [7, 11) is 1.75. The molecule has 6 heteroatoms. The Balaban J connectivity index is 2.18. The predicted molar refractivity (Wildman–Crippen MR) is 95.3 cm³/mol. The molecule has 3 aromatic rings. The summed E-state index contributed by atoms with van der Waals surface area (Å²) in [4.78, 5) is 16.1. The molecule has 1 amide bonds. The summed E-state index contributed by atoms with van der Waals surface area (Å²) in [6.45, 7) is 1.77. The lowest BCUT2D eigenvalue weighted by atomic mass is 10.0. The monoisotopic (exact) mass is 336 g/mol. The zero-order valence-corrected chi connectivity index (χ0v) is 13.9. The molecule has 0 fully saturated rings. The molecule has 0 spiro atoms. The predicted octanol–water partition coefficient (Wildman–Crippen LogP) is 3.80. The lowest BCUT2D eigenvalue weighted by Crippen LogP contribution is -2.12. The van der Waals surface area contributed by atoms with E-state index < -0.39 is 0 Å². The summed E-state index contributed by atoms with van der Waals surface area (Å²) < 4.78 is 14.9. The van der Waals surface area contributed by atoms with Gasteiger partial charge in [0.05, 0.1) is 5.56 Å². The van der Waals surface area contributed by atoms with E-state index in [9.17, 15) is 9.18 Å². The van der Waals surface area contributed by atoms with Gasteiger partial charge < -0.3 is 5.32 Å². The molecular formula is C19H17FN4O. The van der Waals surface area contributed by atoms with Crippen molar-refractivity contribution in [1.82, 2.24) is 14.8 Å². The first-order chi connectivity index (χ1) is 12.1. The van der Waals surface area contributed by atoms with Crippen LogP contribution in [0.25, 0.3) is 22.4 Å². The van der Waals surface area contributed by atoms with E-state index in [1.807, 2.05) is 12.1 Å². The van der Waals surface area contributed by atoms with Crippen molar-refractivity contribution in [2.45, 2.75) is 6.92 Å². The van der Waals surface area contributed by atoms with E-state index in [1.165, 1.54) is 18.2 Å². The van der Waals surface area contributed by atoms with Gasteiger partial charge in [-0.05, 0) is 55.0 Å². The molecule has 0 aliphatic heterocycles.